The highest BCUT2D eigenvalue weighted by Gasteiger charge is 2.52. The van der Waals surface area contributed by atoms with Gasteiger partial charge in [-0.15, -0.1) is 0 Å². The van der Waals surface area contributed by atoms with Crippen LogP contribution in [0.25, 0.3) is 16.0 Å². The second kappa shape index (κ2) is 7.72. The monoisotopic (exact) mass is 460 g/mol. The summed E-state index contributed by atoms with van der Waals surface area (Å²) >= 11 is 0. The van der Waals surface area contributed by atoms with Gasteiger partial charge in [-0.3, -0.25) is 0 Å². The summed E-state index contributed by atoms with van der Waals surface area (Å²) in [6, 6.07) is 13.7. The summed E-state index contributed by atoms with van der Waals surface area (Å²) in [7, 11) is 1.78. The summed E-state index contributed by atoms with van der Waals surface area (Å²) in [6.45, 7) is 15.9. The average Bonchev–Trinajstić information content (AvgIpc) is 3.04. The zero-order valence-corrected chi connectivity index (χ0v) is 20.5. The minimum atomic E-state index is -0.947. The van der Waals surface area contributed by atoms with Gasteiger partial charge in [0.1, 0.15) is 11.9 Å². The fourth-order valence-corrected chi connectivity index (χ4v) is 5.89. The largest absolute Gasteiger partial charge is 0.489 e. The van der Waals surface area contributed by atoms with Crippen molar-refractivity contribution in [3.05, 3.63) is 59.4 Å². The molecule has 2 unspecified atom stereocenters. The topological polar surface area (TPSA) is 73.7 Å². The van der Waals surface area contributed by atoms with E-state index in [9.17, 15) is 0 Å². The number of nitrogens with zero attached hydrogens (tertiary/aromatic N) is 3. The number of nitrogens with two attached hydrogens (primary N) is 1. The standard InChI is InChI=1S/C27H32N4O3/c1-25(2)14-19(15-26(3,4)33-25)23-16-27(30-24(28)31(6)34-27)21-13-18(10-11-22(21)32-23)17-8-7-9-20(12-17)29-5/h7-13,19,23H,14-16H2,1-4,6H3,(H2,28,30). The molecule has 2 atom stereocenters. The minimum Gasteiger partial charge on any atom is -0.489 e. The number of aliphatic imine (C=N–C) groups is 1. The van der Waals surface area contributed by atoms with Crippen LogP contribution in [0.3, 0.4) is 0 Å². The molecule has 2 aromatic carbocycles. The summed E-state index contributed by atoms with van der Waals surface area (Å²) < 4.78 is 13.0. The molecule has 1 fully saturated rings. The predicted molar refractivity (Wildman–Crippen MR) is 131 cm³/mol. The molecule has 3 aliphatic rings. The molecule has 0 radical (unpaired) electrons. The van der Waals surface area contributed by atoms with Crippen molar-refractivity contribution in [3.63, 3.8) is 0 Å². The van der Waals surface area contributed by atoms with E-state index in [0.29, 0.717) is 18.1 Å². The quantitative estimate of drug-likeness (QED) is 0.609. The number of hydrogen-bond donors (Lipinski definition) is 1. The van der Waals surface area contributed by atoms with E-state index in [2.05, 4.69) is 38.6 Å². The normalized spacial score (nSPS) is 27.6. The molecule has 0 aliphatic carbocycles. The van der Waals surface area contributed by atoms with Crippen molar-refractivity contribution in [1.82, 2.24) is 5.06 Å². The van der Waals surface area contributed by atoms with Crippen LogP contribution in [0.15, 0.2) is 47.5 Å². The van der Waals surface area contributed by atoms with Crippen molar-refractivity contribution in [1.29, 1.82) is 0 Å². The number of hydrogen-bond acceptors (Lipinski definition) is 6. The summed E-state index contributed by atoms with van der Waals surface area (Å²) in [5.41, 5.74) is 8.17. The molecule has 2 N–H and O–H groups in total. The molecule has 0 saturated carbocycles. The van der Waals surface area contributed by atoms with Crippen molar-refractivity contribution in [3.8, 4) is 16.9 Å². The van der Waals surface area contributed by atoms with Crippen LogP contribution < -0.4 is 10.5 Å². The molecule has 3 aliphatic heterocycles. The number of rotatable bonds is 2. The molecule has 7 heteroatoms. The van der Waals surface area contributed by atoms with Gasteiger partial charge < -0.3 is 15.2 Å². The molecule has 2 aromatic rings. The van der Waals surface area contributed by atoms with Gasteiger partial charge in [0.15, 0.2) is 5.69 Å². The van der Waals surface area contributed by atoms with E-state index in [1.54, 1.807) is 13.1 Å². The van der Waals surface area contributed by atoms with E-state index in [0.717, 1.165) is 35.3 Å². The van der Waals surface area contributed by atoms with Crippen molar-refractivity contribution in [2.24, 2.45) is 16.6 Å². The third kappa shape index (κ3) is 4.02. The number of benzene rings is 2. The van der Waals surface area contributed by atoms with E-state index in [4.69, 9.17) is 31.6 Å². The Morgan fingerprint density at radius 2 is 1.74 bits per heavy atom. The lowest BCUT2D eigenvalue weighted by molar-refractivity contribution is -0.212. The predicted octanol–water partition coefficient (Wildman–Crippen LogP) is 5.38. The van der Waals surface area contributed by atoms with Crippen LogP contribution >= 0.6 is 0 Å². The first-order chi connectivity index (χ1) is 16.0. The van der Waals surface area contributed by atoms with Crippen LogP contribution in [0.2, 0.25) is 0 Å². The molecule has 0 amide bonds. The van der Waals surface area contributed by atoms with Crippen LogP contribution in [0.5, 0.6) is 5.75 Å². The van der Waals surface area contributed by atoms with Crippen LogP contribution in [0, 0.1) is 12.5 Å². The fraction of sp³-hybridized carbons (Fsp3) is 0.481. The highest BCUT2D eigenvalue weighted by molar-refractivity contribution is 5.79. The van der Waals surface area contributed by atoms with E-state index >= 15 is 0 Å². The second-order valence-corrected chi connectivity index (χ2v) is 10.9. The average molecular weight is 461 g/mol. The Labute approximate surface area is 201 Å². The maximum absolute atomic E-state index is 7.34. The molecule has 178 valence electrons. The minimum absolute atomic E-state index is 0.0886. The van der Waals surface area contributed by atoms with Gasteiger partial charge in [0, 0.05) is 19.4 Å². The molecular weight excluding hydrogens is 428 g/mol. The van der Waals surface area contributed by atoms with E-state index in [1.807, 2.05) is 30.3 Å². The fourth-order valence-electron chi connectivity index (χ4n) is 5.89. The summed E-state index contributed by atoms with van der Waals surface area (Å²) in [6.07, 6.45) is 2.26. The van der Waals surface area contributed by atoms with Gasteiger partial charge >= 0.3 is 0 Å². The summed E-state index contributed by atoms with van der Waals surface area (Å²) in [4.78, 5) is 14.7. The SMILES string of the molecule is [C-]#[N+]c1cccc(-c2ccc3c(c2)C2(CC(C4CC(C)(C)OC(C)(C)C4)O3)N=C(N)N(C)O2)c1. The number of fused-ring (bicyclic) bond motifs is 2. The molecule has 7 nitrogen and oxygen atoms in total. The van der Waals surface area contributed by atoms with Gasteiger partial charge in [0.25, 0.3) is 0 Å². The third-order valence-corrected chi connectivity index (χ3v) is 6.96. The molecule has 1 spiro atoms. The maximum atomic E-state index is 7.34. The Kier molecular flexibility index (Phi) is 5.16. The first kappa shape index (κ1) is 22.7. The molecular formula is C27H32N4O3. The molecule has 5 rings (SSSR count). The Bertz CT molecular complexity index is 1180. The number of hydroxylamine groups is 2. The van der Waals surface area contributed by atoms with Crippen molar-refractivity contribution in [2.45, 2.75) is 70.0 Å². The number of ether oxygens (including phenoxy) is 2. The van der Waals surface area contributed by atoms with Gasteiger partial charge in [-0.2, -0.15) is 0 Å². The van der Waals surface area contributed by atoms with E-state index < -0.39 is 5.72 Å². The first-order valence-electron chi connectivity index (χ1n) is 11.8. The Morgan fingerprint density at radius 1 is 1.03 bits per heavy atom. The highest BCUT2D eigenvalue weighted by Crippen LogP contribution is 2.51. The van der Waals surface area contributed by atoms with E-state index in [1.165, 1.54) is 5.06 Å². The van der Waals surface area contributed by atoms with Crippen LogP contribution in [0.4, 0.5) is 5.69 Å². The van der Waals surface area contributed by atoms with Gasteiger partial charge in [-0.1, -0.05) is 24.3 Å². The number of guanidine groups is 1. The highest BCUT2D eigenvalue weighted by atomic mass is 16.7. The van der Waals surface area contributed by atoms with Crippen molar-refractivity contribution in [2.75, 3.05) is 7.05 Å². The zero-order chi connectivity index (χ0) is 24.3. The van der Waals surface area contributed by atoms with E-state index in [-0.39, 0.29) is 23.2 Å². The maximum Gasteiger partial charge on any atom is 0.221 e. The molecule has 0 bridgehead atoms. The molecule has 0 aromatic heterocycles. The molecule has 3 heterocycles. The lowest BCUT2D eigenvalue weighted by atomic mass is 9.75. The van der Waals surface area contributed by atoms with Gasteiger partial charge in [0.2, 0.25) is 11.7 Å². The van der Waals surface area contributed by atoms with Crippen molar-refractivity contribution >= 4 is 11.6 Å². The smallest absolute Gasteiger partial charge is 0.221 e. The lowest BCUT2D eigenvalue weighted by Gasteiger charge is -2.49. The molecule has 1 saturated heterocycles. The van der Waals surface area contributed by atoms with Crippen LogP contribution in [-0.4, -0.2) is 35.4 Å². The van der Waals surface area contributed by atoms with Gasteiger partial charge in [-0.05, 0) is 69.9 Å². The Morgan fingerprint density at radius 3 is 2.38 bits per heavy atom. The summed E-state index contributed by atoms with van der Waals surface area (Å²) in [5, 5.41) is 1.54. The molecule has 34 heavy (non-hydrogen) atoms. The Hall–Kier alpha value is -3.08. The second-order valence-electron chi connectivity index (χ2n) is 10.9. The first-order valence-corrected chi connectivity index (χ1v) is 11.8. The summed E-state index contributed by atoms with van der Waals surface area (Å²) in [5.74, 6) is 1.39. The van der Waals surface area contributed by atoms with Gasteiger partial charge in [0.05, 0.1) is 23.3 Å². The lowest BCUT2D eigenvalue weighted by Crippen LogP contribution is -2.51. The zero-order valence-electron chi connectivity index (χ0n) is 20.5. The van der Waals surface area contributed by atoms with Crippen molar-refractivity contribution < 1.29 is 14.3 Å². The Balaban J connectivity index is 1.56. The van der Waals surface area contributed by atoms with Crippen LogP contribution in [-0.2, 0) is 15.3 Å². The van der Waals surface area contributed by atoms with Crippen LogP contribution in [0.1, 0.15) is 52.5 Å². The van der Waals surface area contributed by atoms with Gasteiger partial charge in [-0.25, -0.2) is 19.7 Å². The third-order valence-electron chi connectivity index (χ3n) is 6.96.